The van der Waals surface area contributed by atoms with E-state index in [1.54, 1.807) is 0 Å². The fourth-order valence-electron chi connectivity index (χ4n) is 2.85. The van der Waals surface area contributed by atoms with Crippen LogP contribution in [0.1, 0.15) is 11.1 Å². The first kappa shape index (κ1) is 18.5. The first-order valence-electron chi connectivity index (χ1n) is 8.34. The summed E-state index contributed by atoms with van der Waals surface area (Å²) in [4.78, 5) is 4.69. The summed E-state index contributed by atoms with van der Waals surface area (Å²) in [5.41, 5.74) is 2.47. The van der Waals surface area contributed by atoms with Crippen molar-refractivity contribution in [1.82, 2.24) is 15.1 Å². The highest BCUT2D eigenvalue weighted by molar-refractivity contribution is 7.80. The minimum atomic E-state index is 0.723. The third-order valence-corrected chi connectivity index (χ3v) is 5.24. The molecular weight excluding hydrogens is 373 g/mol. The average molecular weight is 394 g/mol. The fourth-order valence-corrected chi connectivity index (χ4v) is 3.36. The van der Waals surface area contributed by atoms with Crippen molar-refractivity contribution in [1.29, 1.82) is 0 Å². The molecule has 0 saturated carbocycles. The van der Waals surface area contributed by atoms with Gasteiger partial charge in [0.15, 0.2) is 5.11 Å². The Bertz CT molecular complexity index is 696. The quantitative estimate of drug-likeness (QED) is 0.784. The van der Waals surface area contributed by atoms with E-state index in [0.717, 1.165) is 54.4 Å². The summed E-state index contributed by atoms with van der Waals surface area (Å²) < 4.78 is 0. The highest BCUT2D eigenvalue weighted by atomic mass is 35.5. The average Bonchev–Trinajstić information content (AvgIpc) is 2.63. The van der Waals surface area contributed by atoms with Crippen LogP contribution in [0.4, 0.5) is 0 Å². The van der Waals surface area contributed by atoms with Crippen LogP contribution in [0.3, 0.4) is 0 Å². The van der Waals surface area contributed by atoms with Crippen molar-refractivity contribution in [2.75, 3.05) is 26.2 Å². The van der Waals surface area contributed by atoms with Gasteiger partial charge in [-0.1, -0.05) is 47.5 Å². The zero-order chi connectivity index (χ0) is 17.6. The standard InChI is InChI=1S/C19H21Cl2N3S/c20-17-5-1-15(2-6-17)13-22-19(25)24-11-9-23(10-12-24)14-16-3-7-18(21)8-4-16/h1-8H,9-14H2,(H,22,25). The van der Waals surface area contributed by atoms with Crippen LogP contribution in [-0.2, 0) is 13.1 Å². The maximum absolute atomic E-state index is 5.94. The molecule has 2 aromatic rings. The van der Waals surface area contributed by atoms with Gasteiger partial charge in [0.2, 0.25) is 0 Å². The zero-order valence-electron chi connectivity index (χ0n) is 13.9. The van der Waals surface area contributed by atoms with E-state index < -0.39 is 0 Å². The number of nitrogens with one attached hydrogen (secondary N) is 1. The van der Waals surface area contributed by atoms with Crippen molar-refractivity contribution in [3.05, 3.63) is 69.7 Å². The highest BCUT2D eigenvalue weighted by Crippen LogP contribution is 2.13. The maximum atomic E-state index is 5.94. The first-order chi connectivity index (χ1) is 12.1. The molecule has 0 radical (unpaired) electrons. The Morgan fingerprint density at radius 1 is 0.840 bits per heavy atom. The van der Waals surface area contributed by atoms with E-state index in [4.69, 9.17) is 35.4 Å². The van der Waals surface area contributed by atoms with Gasteiger partial charge in [0.1, 0.15) is 0 Å². The molecule has 0 aliphatic carbocycles. The molecule has 0 bridgehead atoms. The molecule has 1 fully saturated rings. The summed E-state index contributed by atoms with van der Waals surface area (Å²) in [6.07, 6.45) is 0. The Balaban J connectivity index is 1.42. The second-order valence-electron chi connectivity index (χ2n) is 6.17. The molecule has 1 aliphatic heterocycles. The van der Waals surface area contributed by atoms with Gasteiger partial charge in [0.25, 0.3) is 0 Å². The molecule has 1 N–H and O–H groups in total. The highest BCUT2D eigenvalue weighted by Gasteiger charge is 2.18. The van der Waals surface area contributed by atoms with Crippen LogP contribution in [0, 0.1) is 0 Å². The van der Waals surface area contributed by atoms with Gasteiger partial charge in [-0.3, -0.25) is 4.90 Å². The second kappa shape index (κ2) is 8.86. The number of hydrogen-bond donors (Lipinski definition) is 1. The van der Waals surface area contributed by atoms with E-state index in [0.29, 0.717) is 0 Å². The van der Waals surface area contributed by atoms with E-state index in [9.17, 15) is 0 Å². The monoisotopic (exact) mass is 393 g/mol. The van der Waals surface area contributed by atoms with Crippen molar-refractivity contribution in [3.8, 4) is 0 Å². The van der Waals surface area contributed by atoms with Crippen molar-refractivity contribution in [2.45, 2.75) is 13.1 Å². The molecule has 1 heterocycles. The number of thiocarbonyl (C=S) groups is 1. The zero-order valence-corrected chi connectivity index (χ0v) is 16.2. The fraction of sp³-hybridized carbons (Fsp3) is 0.316. The van der Waals surface area contributed by atoms with Gasteiger partial charge in [0.05, 0.1) is 0 Å². The number of halogens is 2. The van der Waals surface area contributed by atoms with Gasteiger partial charge in [-0.25, -0.2) is 0 Å². The smallest absolute Gasteiger partial charge is 0.169 e. The molecule has 1 aliphatic rings. The topological polar surface area (TPSA) is 18.5 Å². The van der Waals surface area contributed by atoms with Crippen LogP contribution in [0.25, 0.3) is 0 Å². The molecule has 0 aromatic heterocycles. The van der Waals surface area contributed by atoms with Gasteiger partial charge < -0.3 is 10.2 Å². The normalized spacial score (nSPS) is 15.2. The second-order valence-corrected chi connectivity index (χ2v) is 7.43. The molecule has 0 unspecified atom stereocenters. The number of hydrogen-bond acceptors (Lipinski definition) is 2. The lowest BCUT2D eigenvalue weighted by atomic mass is 10.2. The van der Waals surface area contributed by atoms with Crippen LogP contribution in [-0.4, -0.2) is 41.1 Å². The van der Waals surface area contributed by atoms with Crippen LogP contribution in [0.2, 0.25) is 10.0 Å². The molecule has 0 amide bonds. The Morgan fingerprint density at radius 2 is 1.36 bits per heavy atom. The SMILES string of the molecule is S=C(NCc1ccc(Cl)cc1)N1CCN(Cc2ccc(Cl)cc2)CC1. The van der Waals surface area contributed by atoms with Crippen molar-refractivity contribution >= 4 is 40.5 Å². The minimum absolute atomic E-state index is 0.723. The van der Waals surface area contributed by atoms with Crippen LogP contribution in [0.5, 0.6) is 0 Å². The third kappa shape index (κ3) is 5.58. The third-order valence-electron chi connectivity index (χ3n) is 4.34. The summed E-state index contributed by atoms with van der Waals surface area (Å²) in [5.74, 6) is 0. The molecule has 3 nitrogen and oxygen atoms in total. The van der Waals surface area contributed by atoms with E-state index in [-0.39, 0.29) is 0 Å². The largest absolute Gasteiger partial charge is 0.358 e. The molecule has 1 saturated heterocycles. The van der Waals surface area contributed by atoms with Crippen LogP contribution < -0.4 is 5.32 Å². The van der Waals surface area contributed by atoms with Crippen molar-refractivity contribution < 1.29 is 0 Å². The van der Waals surface area contributed by atoms with E-state index >= 15 is 0 Å². The van der Waals surface area contributed by atoms with Crippen molar-refractivity contribution in [2.24, 2.45) is 0 Å². The van der Waals surface area contributed by atoms with Gasteiger partial charge in [-0.15, -0.1) is 0 Å². The lowest BCUT2D eigenvalue weighted by Gasteiger charge is -2.36. The minimum Gasteiger partial charge on any atom is -0.358 e. The van der Waals surface area contributed by atoms with Gasteiger partial charge >= 0.3 is 0 Å². The van der Waals surface area contributed by atoms with E-state index in [1.165, 1.54) is 11.1 Å². The predicted octanol–water partition coefficient (Wildman–Crippen LogP) is 4.19. The van der Waals surface area contributed by atoms with E-state index in [2.05, 4.69) is 27.2 Å². The number of piperazine rings is 1. The van der Waals surface area contributed by atoms with Gasteiger partial charge in [0, 0.05) is 49.3 Å². The molecule has 132 valence electrons. The first-order valence-corrected chi connectivity index (χ1v) is 9.50. The molecular formula is C19H21Cl2N3S. The molecule has 25 heavy (non-hydrogen) atoms. The Kier molecular flexibility index (Phi) is 6.54. The summed E-state index contributed by atoms with van der Waals surface area (Å²) in [7, 11) is 0. The summed E-state index contributed by atoms with van der Waals surface area (Å²) in [5, 5.41) is 5.70. The van der Waals surface area contributed by atoms with Gasteiger partial charge in [-0.2, -0.15) is 0 Å². The Labute approximate surface area is 164 Å². The molecule has 0 atom stereocenters. The van der Waals surface area contributed by atoms with Crippen molar-refractivity contribution in [3.63, 3.8) is 0 Å². The Morgan fingerprint density at radius 3 is 1.92 bits per heavy atom. The lowest BCUT2D eigenvalue weighted by Crippen LogP contribution is -2.51. The predicted molar refractivity (Wildman–Crippen MR) is 109 cm³/mol. The molecule has 0 spiro atoms. The number of nitrogens with zero attached hydrogens (tertiary/aromatic N) is 2. The van der Waals surface area contributed by atoms with E-state index in [1.807, 2.05) is 36.4 Å². The molecule has 2 aromatic carbocycles. The van der Waals surface area contributed by atoms with Crippen LogP contribution in [0.15, 0.2) is 48.5 Å². The molecule has 6 heteroatoms. The number of benzene rings is 2. The Hall–Kier alpha value is -1.33. The molecule has 3 rings (SSSR count). The van der Waals surface area contributed by atoms with Crippen LogP contribution >= 0.6 is 35.4 Å². The summed E-state index contributed by atoms with van der Waals surface area (Å²) in [6.45, 7) is 5.58. The summed E-state index contributed by atoms with van der Waals surface area (Å²) >= 11 is 17.4. The maximum Gasteiger partial charge on any atom is 0.169 e. The number of rotatable bonds is 4. The summed E-state index contributed by atoms with van der Waals surface area (Å²) in [6, 6.07) is 15.9. The lowest BCUT2D eigenvalue weighted by molar-refractivity contribution is 0.174. The van der Waals surface area contributed by atoms with Gasteiger partial charge in [-0.05, 0) is 47.6 Å².